The summed E-state index contributed by atoms with van der Waals surface area (Å²) in [6.45, 7) is 6.99. The Labute approximate surface area is 111 Å². The SMILES string of the molecule is CCOCCCNCCc1nc(C)c(C(=O)O)s1. The largest absolute Gasteiger partial charge is 0.477 e. The number of rotatable bonds is 9. The van der Waals surface area contributed by atoms with Crippen molar-refractivity contribution >= 4 is 17.3 Å². The van der Waals surface area contributed by atoms with Crippen molar-refractivity contribution < 1.29 is 14.6 Å². The fraction of sp³-hybridized carbons (Fsp3) is 0.667. The quantitative estimate of drug-likeness (QED) is 0.670. The van der Waals surface area contributed by atoms with Crippen LogP contribution in [0.4, 0.5) is 0 Å². The molecule has 0 fully saturated rings. The van der Waals surface area contributed by atoms with Gasteiger partial charge in [0, 0.05) is 26.2 Å². The summed E-state index contributed by atoms with van der Waals surface area (Å²) in [7, 11) is 0. The third-order valence-corrected chi connectivity index (χ3v) is 3.60. The minimum atomic E-state index is -0.888. The minimum Gasteiger partial charge on any atom is -0.477 e. The number of carbonyl (C=O) groups is 1. The second-order valence-electron chi connectivity index (χ2n) is 3.88. The number of aromatic nitrogens is 1. The molecule has 0 aliphatic rings. The normalized spacial score (nSPS) is 10.8. The van der Waals surface area contributed by atoms with E-state index in [4.69, 9.17) is 9.84 Å². The molecule has 1 aromatic heterocycles. The van der Waals surface area contributed by atoms with Crippen LogP contribution in [0, 0.1) is 6.92 Å². The number of carboxylic acids is 1. The average molecular weight is 272 g/mol. The molecule has 5 nitrogen and oxygen atoms in total. The second kappa shape index (κ2) is 8.18. The third kappa shape index (κ3) is 5.12. The molecule has 0 bridgehead atoms. The van der Waals surface area contributed by atoms with Gasteiger partial charge in [-0.05, 0) is 26.8 Å². The predicted molar refractivity (Wildman–Crippen MR) is 71.5 cm³/mol. The Kier molecular flexibility index (Phi) is 6.85. The molecule has 1 rings (SSSR count). The summed E-state index contributed by atoms with van der Waals surface area (Å²) in [6, 6.07) is 0. The van der Waals surface area contributed by atoms with E-state index in [9.17, 15) is 4.79 Å². The summed E-state index contributed by atoms with van der Waals surface area (Å²) >= 11 is 1.26. The number of aromatic carboxylic acids is 1. The zero-order valence-electron chi connectivity index (χ0n) is 10.9. The van der Waals surface area contributed by atoms with E-state index in [2.05, 4.69) is 10.3 Å². The Bertz CT molecular complexity index is 379. The predicted octanol–water partition coefficient (Wildman–Crippen LogP) is 1.71. The van der Waals surface area contributed by atoms with Crippen LogP contribution in [0.1, 0.15) is 33.7 Å². The molecule has 1 heterocycles. The Balaban J connectivity index is 2.19. The van der Waals surface area contributed by atoms with Crippen LogP contribution in [0.25, 0.3) is 0 Å². The molecule has 0 saturated heterocycles. The van der Waals surface area contributed by atoms with Gasteiger partial charge < -0.3 is 15.2 Å². The van der Waals surface area contributed by atoms with Crippen molar-refractivity contribution in [3.05, 3.63) is 15.6 Å². The molecule has 0 amide bonds. The number of hydrogen-bond acceptors (Lipinski definition) is 5. The standard InChI is InChI=1S/C12H20N2O3S/c1-3-17-8-4-6-13-7-5-10-14-9(2)11(18-10)12(15)16/h13H,3-8H2,1-2H3,(H,15,16). The molecule has 0 aliphatic carbocycles. The lowest BCUT2D eigenvalue weighted by Gasteiger charge is -2.03. The van der Waals surface area contributed by atoms with Gasteiger partial charge in [0.15, 0.2) is 0 Å². The average Bonchev–Trinajstić information content (AvgIpc) is 2.69. The first kappa shape index (κ1) is 15.1. The van der Waals surface area contributed by atoms with Crippen LogP contribution in [-0.2, 0) is 11.2 Å². The van der Waals surface area contributed by atoms with Gasteiger partial charge in [0.05, 0.1) is 10.7 Å². The molecule has 0 spiro atoms. The molecule has 1 aromatic rings. The van der Waals surface area contributed by atoms with Crippen molar-refractivity contribution in [1.29, 1.82) is 0 Å². The van der Waals surface area contributed by atoms with Crippen molar-refractivity contribution in [2.45, 2.75) is 26.7 Å². The van der Waals surface area contributed by atoms with Crippen molar-refractivity contribution in [3.63, 3.8) is 0 Å². The van der Waals surface area contributed by atoms with E-state index in [0.29, 0.717) is 10.6 Å². The van der Waals surface area contributed by atoms with Gasteiger partial charge in [-0.25, -0.2) is 9.78 Å². The zero-order valence-corrected chi connectivity index (χ0v) is 11.7. The number of hydrogen-bond donors (Lipinski definition) is 2. The minimum absolute atomic E-state index is 0.348. The summed E-state index contributed by atoms with van der Waals surface area (Å²) < 4.78 is 5.23. The van der Waals surface area contributed by atoms with Gasteiger partial charge in [0.1, 0.15) is 4.88 Å². The highest BCUT2D eigenvalue weighted by Gasteiger charge is 2.13. The first-order chi connectivity index (χ1) is 8.65. The molecular weight excluding hydrogens is 252 g/mol. The number of thiazole rings is 1. The zero-order chi connectivity index (χ0) is 13.4. The maximum absolute atomic E-state index is 10.9. The summed E-state index contributed by atoms with van der Waals surface area (Å²) in [6.07, 6.45) is 1.76. The fourth-order valence-electron chi connectivity index (χ4n) is 1.52. The van der Waals surface area contributed by atoms with Crippen LogP contribution in [0.15, 0.2) is 0 Å². The lowest BCUT2D eigenvalue weighted by molar-refractivity contribution is 0.0701. The van der Waals surface area contributed by atoms with Gasteiger partial charge in [-0.1, -0.05) is 0 Å². The summed E-state index contributed by atoms with van der Waals surface area (Å²) in [5.41, 5.74) is 0.610. The first-order valence-corrected chi connectivity index (χ1v) is 6.94. The van der Waals surface area contributed by atoms with E-state index in [-0.39, 0.29) is 0 Å². The Hall–Kier alpha value is -0.980. The maximum Gasteiger partial charge on any atom is 0.347 e. The highest BCUT2D eigenvalue weighted by atomic mass is 32.1. The highest BCUT2D eigenvalue weighted by Crippen LogP contribution is 2.17. The molecule has 0 saturated carbocycles. The number of aryl methyl sites for hydroxylation is 1. The van der Waals surface area contributed by atoms with E-state index in [0.717, 1.165) is 44.2 Å². The van der Waals surface area contributed by atoms with Gasteiger partial charge in [0.25, 0.3) is 0 Å². The van der Waals surface area contributed by atoms with Crippen LogP contribution in [0.3, 0.4) is 0 Å². The molecule has 0 atom stereocenters. The maximum atomic E-state index is 10.9. The number of nitrogens with one attached hydrogen (secondary N) is 1. The molecule has 0 radical (unpaired) electrons. The summed E-state index contributed by atoms with van der Waals surface area (Å²) in [4.78, 5) is 15.5. The summed E-state index contributed by atoms with van der Waals surface area (Å²) in [5.74, 6) is -0.888. The molecule has 0 aliphatic heterocycles. The van der Waals surface area contributed by atoms with Crippen molar-refractivity contribution in [2.24, 2.45) is 0 Å². The lowest BCUT2D eigenvalue weighted by Crippen LogP contribution is -2.19. The van der Waals surface area contributed by atoms with Crippen LogP contribution in [0.5, 0.6) is 0 Å². The molecule has 6 heteroatoms. The third-order valence-electron chi connectivity index (χ3n) is 2.40. The number of carboxylic acid groups (broad SMARTS) is 1. The molecule has 0 aromatic carbocycles. The lowest BCUT2D eigenvalue weighted by atomic mass is 10.4. The molecule has 0 unspecified atom stereocenters. The molecule has 18 heavy (non-hydrogen) atoms. The Morgan fingerprint density at radius 2 is 2.28 bits per heavy atom. The number of ether oxygens (including phenoxy) is 1. The van der Waals surface area contributed by atoms with Gasteiger partial charge in [-0.2, -0.15) is 0 Å². The molecular formula is C12H20N2O3S. The topological polar surface area (TPSA) is 71.5 Å². The van der Waals surface area contributed by atoms with Crippen molar-refractivity contribution in [3.8, 4) is 0 Å². The van der Waals surface area contributed by atoms with Gasteiger partial charge in [-0.3, -0.25) is 0 Å². The van der Waals surface area contributed by atoms with E-state index < -0.39 is 5.97 Å². The van der Waals surface area contributed by atoms with Crippen LogP contribution in [0.2, 0.25) is 0 Å². The first-order valence-electron chi connectivity index (χ1n) is 6.13. The van der Waals surface area contributed by atoms with E-state index in [1.165, 1.54) is 11.3 Å². The van der Waals surface area contributed by atoms with Crippen LogP contribution in [-0.4, -0.2) is 42.4 Å². The van der Waals surface area contributed by atoms with Crippen molar-refractivity contribution in [1.82, 2.24) is 10.3 Å². The smallest absolute Gasteiger partial charge is 0.347 e. The van der Waals surface area contributed by atoms with Crippen LogP contribution < -0.4 is 5.32 Å². The monoisotopic (exact) mass is 272 g/mol. The van der Waals surface area contributed by atoms with E-state index in [1.807, 2.05) is 6.92 Å². The van der Waals surface area contributed by atoms with Gasteiger partial charge >= 0.3 is 5.97 Å². The van der Waals surface area contributed by atoms with E-state index in [1.54, 1.807) is 6.92 Å². The fourth-order valence-corrected chi connectivity index (χ4v) is 2.42. The highest BCUT2D eigenvalue weighted by molar-refractivity contribution is 7.13. The van der Waals surface area contributed by atoms with Gasteiger partial charge in [-0.15, -0.1) is 11.3 Å². The Morgan fingerprint density at radius 1 is 1.50 bits per heavy atom. The van der Waals surface area contributed by atoms with Crippen molar-refractivity contribution in [2.75, 3.05) is 26.3 Å². The Morgan fingerprint density at radius 3 is 2.89 bits per heavy atom. The summed E-state index contributed by atoms with van der Waals surface area (Å²) in [5, 5.41) is 13.1. The van der Waals surface area contributed by atoms with E-state index >= 15 is 0 Å². The number of nitrogens with zero attached hydrogens (tertiary/aromatic N) is 1. The molecule has 102 valence electrons. The molecule has 2 N–H and O–H groups in total. The second-order valence-corrected chi connectivity index (χ2v) is 4.96. The van der Waals surface area contributed by atoms with Crippen LogP contribution >= 0.6 is 11.3 Å². The van der Waals surface area contributed by atoms with Gasteiger partial charge in [0.2, 0.25) is 0 Å².